The minimum absolute atomic E-state index is 0.418. The minimum Gasteiger partial charge on any atom is -0.496 e. The number of thiophene rings is 1. The summed E-state index contributed by atoms with van der Waals surface area (Å²) in [7, 11) is 1.72. The molecule has 2 unspecified atom stereocenters. The van der Waals surface area contributed by atoms with Crippen molar-refractivity contribution in [1.82, 2.24) is 5.32 Å². The van der Waals surface area contributed by atoms with Crippen molar-refractivity contribution in [3.8, 4) is 5.75 Å². The van der Waals surface area contributed by atoms with Crippen LogP contribution < -0.4 is 10.1 Å². The van der Waals surface area contributed by atoms with Gasteiger partial charge in [-0.05, 0) is 19.0 Å². The van der Waals surface area contributed by atoms with E-state index >= 15 is 0 Å². The average Bonchev–Trinajstić information content (AvgIpc) is 2.97. The van der Waals surface area contributed by atoms with E-state index in [0.717, 1.165) is 31.9 Å². The van der Waals surface area contributed by atoms with Crippen LogP contribution in [0.15, 0.2) is 11.4 Å². The third-order valence-electron chi connectivity index (χ3n) is 3.00. The van der Waals surface area contributed by atoms with Crippen LogP contribution in [0.25, 0.3) is 0 Å². The van der Waals surface area contributed by atoms with Crippen molar-refractivity contribution < 1.29 is 9.47 Å². The molecule has 0 aromatic carbocycles. The second kappa shape index (κ2) is 5.66. The van der Waals surface area contributed by atoms with Gasteiger partial charge < -0.3 is 14.8 Å². The molecule has 1 aromatic heterocycles. The fourth-order valence-corrected chi connectivity index (χ4v) is 3.16. The molecular formula is C12H19NO2S. The van der Waals surface area contributed by atoms with Crippen LogP contribution in [0.1, 0.15) is 24.3 Å². The summed E-state index contributed by atoms with van der Waals surface area (Å²) >= 11 is 1.77. The van der Waals surface area contributed by atoms with Crippen molar-refractivity contribution in [1.29, 1.82) is 0 Å². The van der Waals surface area contributed by atoms with E-state index < -0.39 is 0 Å². The molecule has 3 nitrogen and oxygen atoms in total. The van der Waals surface area contributed by atoms with Crippen LogP contribution in [0.5, 0.6) is 5.75 Å². The lowest BCUT2D eigenvalue weighted by molar-refractivity contribution is 0.177. The molecule has 2 rings (SSSR count). The Morgan fingerprint density at radius 1 is 1.69 bits per heavy atom. The molecule has 1 saturated heterocycles. The van der Waals surface area contributed by atoms with E-state index in [1.165, 1.54) is 4.88 Å². The van der Waals surface area contributed by atoms with Gasteiger partial charge in [0, 0.05) is 28.8 Å². The summed E-state index contributed by atoms with van der Waals surface area (Å²) in [6.45, 7) is 4.90. The Morgan fingerprint density at radius 2 is 2.56 bits per heavy atom. The van der Waals surface area contributed by atoms with E-state index in [2.05, 4.69) is 23.7 Å². The SMILES string of the molecule is CCNC(c1cc(OC)cs1)C1CCOC1. The molecule has 0 radical (unpaired) electrons. The molecule has 1 aliphatic heterocycles. The van der Waals surface area contributed by atoms with Crippen molar-refractivity contribution in [3.05, 3.63) is 16.3 Å². The van der Waals surface area contributed by atoms with Gasteiger partial charge in [0.1, 0.15) is 5.75 Å². The second-order valence-electron chi connectivity index (χ2n) is 4.05. The van der Waals surface area contributed by atoms with Gasteiger partial charge in [0.05, 0.1) is 13.7 Å². The molecule has 16 heavy (non-hydrogen) atoms. The average molecular weight is 241 g/mol. The van der Waals surface area contributed by atoms with Gasteiger partial charge in [-0.2, -0.15) is 0 Å². The van der Waals surface area contributed by atoms with Crippen molar-refractivity contribution in [2.75, 3.05) is 26.9 Å². The monoisotopic (exact) mass is 241 g/mol. The van der Waals surface area contributed by atoms with Crippen molar-refractivity contribution >= 4 is 11.3 Å². The Kier molecular flexibility index (Phi) is 4.21. The van der Waals surface area contributed by atoms with E-state index in [0.29, 0.717) is 12.0 Å². The normalized spacial score (nSPS) is 22.2. The fourth-order valence-electron chi connectivity index (χ4n) is 2.14. The first-order valence-electron chi connectivity index (χ1n) is 5.78. The molecule has 1 fully saturated rings. The quantitative estimate of drug-likeness (QED) is 0.859. The van der Waals surface area contributed by atoms with Crippen LogP contribution in [0.2, 0.25) is 0 Å². The fraction of sp³-hybridized carbons (Fsp3) is 0.667. The molecule has 0 bridgehead atoms. The number of ether oxygens (including phenoxy) is 2. The van der Waals surface area contributed by atoms with Gasteiger partial charge in [0.25, 0.3) is 0 Å². The zero-order chi connectivity index (χ0) is 11.4. The molecule has 1 N–H and O–H groups in total. The molecule has 0 spiro atoms. The van der Waals surface area contributed by atoms with E-state index in [-0.39, 0.29) is 0 Å². The smallest absolute Gasteiger partial charge is 0.129 e. The molecule has 2 atom stereocenters. The molecule has 0 amide bonds. The first-order valence-corrected chi connectivity index (χ1v) is 6.66. The Bertz CT molecular complexity index is 321. The first kappa shape index (κ1) is 11.9. The van der Waals surface area contributed by atoms with Gasteiger partial charge in [-0.1, -0.05) is 6.92 Å². The van der Waals surface area contributed by atoms with Gasteiger partial charge in [-0.15, -0.1) is 11.3 Å². The van der Waals surface area contributed by atoms with Gasteiger partial charge in [-0.3, -0.25) is 0 Å². The van der Waals surface area contributed by atoms with Crippen molar-refractivity contribution in [3.63, 3.8) is 0 Å². The summed E-state index contributed by atoms with van der Waals surface area (Å²) in [5.74, 6) is 1.56. The third kappa shape index (κ3) is 2.56. The van der Waals surface area contributed by atoms with Crippen LogP contribution in [0, 0.1) is 5.92 Å². The summed E-state index contributed by atoms with van der Waals surface area (Å²) in [5.41, 5.74) is 0. The van der Waals surface area contributed by atoms with E-state index in [4.69, 9.17) is 9.47 Å². The van der Waals surface area contributed by atoms with E-state index in [9.17, 15) is 0 Å². The molecule has 2 heterocycles. The summed E-state index contributed by atoms with van der Waals surface area (Å²) in [6.07, 6.45) is 1.15. The maximum absolute atomic E-state index is 5.47. The number of nitrogens with one attached hydrogen (secondary N) is 1. The number of rotatable bonds is 5. The van der Waals surface area contributed by atoms with Crippen molar-refractivity contribution in [2.24, 2.45) is 5.92 Å². The standard InChI is InChI=1S/C12H19NO2S/c1-3-13-12(9-4-5-15-7-9)11-6-10(14-2)8-16-11/h6,8-9,12-13H,3-5,7H2,1-2H3. The number of hydrogen-bond donors (Lipinski definition) is 1. The largest absolute Gasteiger partial charge is 0.496 e. The lowest BCUT2D eigenvalue weighted by Crippen LogP contribution is -2.27. The highest BCUT2D eigenvalue weighted by Crippen LogP contribution is 2.34. The second-order valence-corrected chi connectivity index (χ2v) is 4.99. The summed E-state index contributed by atoms with van der Waals surface area (Å²) in [6, 6.07) is 2.55. The predicted molar refractivity (Wildman–Crippen MR) is 66.2 cm³/mol. The Labute approximate surface area is 101 Å². The Balaban J connectivity index is 2.10. The van der Waals surface area contributed by atoms with Crippen LogP contribution in [-0.2, 0) is 4.74 Å². The van der Waals surface area contributed by atoms with Crippen LogP contribution >= 0.6 is 11.3 Å². The van der Waals surface area contributed by atoms with Gasteiger partial charge in [-0.25, -0.2) is 0 Å². The van der Waals surface area contributed by atoms with Gasteiger partial charge >= 0.3 is 0 Å². The Morgan fingerprint density at radius 3 is 3.12 bits per heavy atom. The predicted octanol–water partition coefficient (Wildman–Crippen LogP) is 2.44. The third-order valence-corrected chi connectivity index (χ3v) is 3.99. The van der Waals surface area contributed by atoms with Crippen LogP contribution in [-0.4, -0.2) is 26.9 Å². The number of methoxy groups -OCH3 is 1. The van der Waals surface area contributed by atoms with Crippen LogP contribution in [0.3, 0.4) is 0 Å². The Hall–Kier alpha value is -0.580. The molecule has 1 aromatic rings. The first-order chi connectivity index (χ1) is 7.85. The summed E-state index contributed by atoms with van der Waals surface area (Å²) in [4.78, 5) is 1.36. The lowest BCUT2D eigenvalue weighted by Gasteiger charge is -2.21. The van der Waals surface area contributed by atoms with E-state index in [1.54, 1.807) is 18.4 Å². The maximum atomic E-state index is 5.47. The molecule has 90 valence electrons. The molecule has 0 saturated carbocycles. The van der Waals surface area contributed by atoms with Crippen molar-refractivity contribution in [2.45, 2.75) is 19.4 Å². The highest BCUT2D eigenvalue weighted by Gasteiger charge is 2.27. The van der Waals surface area contributed by atoms with E-state index in [1.807, 2.05) is 0 Å². The lowest BCUT2D eigenvalue weighted by atomic mass is 9.97. The van der Waals surface area contributed by atoms with Gasteiger partial charge in [0.15, 0.2) is 0 Å². The zero-order valence-corrected chi connectivity index (χ0v) is 10.7. The molecular weight excluding hydrogens is 222 g/mol. The highest BCUT2D eigenvalue weighted by molar-refractivity contribution is 7.10. The summed E-state index contributed by atoms with van der Waals surface area (Å²) < 4.78 is 10.7. The maximum Gasteiger partial charge on any atom is 0.129 e. The topological polar surface area (TPSA) is 30.5 Å². The number of hydrogen-bond acceptors (Lipinski definition) is 4. The summed E-state index contributed by atoms with van der Waals surface area (Å²) in [5, 5.41) is 5.62. The van der Waals surface area contributed by atoms with Crippen LogP contribution in [0.4, 0.5) is 0 Å². The molecule has 1 aliphatic rings. The molecule has 0 aliphatic carbocycles. The highest BCUT2D eigenvalue weighted by atomic mass is 32.1. The minimum atomic E-state index is 0.418. The van der Waals surface area contributed by atoms with Gasteiger partial charge in [0.2, 0.25) is 0 Å². The zero-order valence-electron chi connectivity index (χ0n) is 9.86. The molecule has 4 heteroatoms.